The maximum absolute atomic E-state index is 6.16. The molecule has 0 aromatic heterocycles. The van der Waals surface area contributed by atoms with E-state index < -0.39 is 0 Å². The average molecular weight is 333 g/mol. The first-order chi connectivity index (χ1) is 9.65. The van der Waals surface area contributed by atoms with Crippen molar-refractivity contribution >= 4 is 35.0 Å². The fraction of sp³-hybridized carbons (Fsp3) is 0.600. The Labute approximate surface area is 136 Å². The van der Waals surface area contributed by atoms with Gasteiger partial charge in [-0.3, -0.25) is 0 Å². The lowest BCUT2D eigenvalue weighted by molar-refractivity contribution is 0.273. The monoisotopic (exact) mass is 332 g/mol. The minimum atomic E-state index is 0.661. The van der Waals surface area contributed by atoms with Crippen molar-refractivity contribution in [1.82, 2.24) is 10.2 Å². The van der Waals surface area contributed by atoms with Gasteiger partial charge in [0.1, 0.15) is 0 Å². The minimum Gasteiger partial charge on any atom is -0.313 e. The summed E-state index contributed by atoms with van der Waals surface area (Å²) in [6.07, 6.45) is 3.99. The normalized spacial score (nSPS) is 19.5. The van der Waals surface area contributed by atoms with Gasteiger partial charge in [-0.1, -0.05) is 29.6 Å². The van der Waals surface area contributed by atoms with Crippen LogP contribution in [0.2, 0.25) is 10.0 Å². The summed E-state index contributed by atoms with van der Waals surface area (Å²) in [7, 11) is 2.19. The van der Waals surface area contributed by atoms with E-state index in [1.54, 1.807) is 11.8 Å². The molecule has 2 rings (SSSR count). The Hall–Kier alpha value is 0.0700. The lowest BCUT2D eigenvalue weighted by Gasteiger charge is -2.28. The second-order valence-corrected chi connectivity index (χ2v) is 7.31. The van der Waals surface area contributed by atoms with E-state index in [0.717, 1.165) is 33.8 Å². The first kappa shape index (κ1) is 16.4. The number of nitrogens with zero attached hydrogens (tertiary/aromatic N) is 1. The van der Waals surface area contributed by atoms with Crippen molar-refractivity contribution in [3.05, 3.63) is 28.2 Å². The van der Waals surface area contributed by atoms with Gasteiger partial charge in [-0.15, -0.1) is 11.8 Å². The highest BCUT2D eigenvalue weighted by Crippen LogP contribution is 2.29. The van der Waals surface area contributed by atoms with Crippen LogP contribution >= 0.6 is 35.0 Å². The Morgan fingerprint density at radius 3 is 2.95 bits per heavy atom. The Balaban J connectivity index is 1.70. The van der Waals surface area contributed by atoms with Crippen LogP contribution in [-0.4, -0.2) is 43.4 Å². The molecule has 0 aliphatic carbocycles. The highest BCUT2D eigenvalue weighted by atomic mass is 35.5. The van der Waals surface area contributed by atoms with Crippen LogP contribution in [0, 0.1) is 0 Å². The molecule has 0 spiro atoms. The van der Waals surface area contributed by atoms with Crippen molar-refractivity contribution in [1.29, 1.82) is 0 Å². The van der Waals surface area contributed by atoms with Crippen molar-refractivity contribution in [3.63, 3.8) is 0 Å². The standard InChI is InChI=1S/C15H22Cl2N2S/c1-19(11-13-4-2-3-7-18-13)8-9-20-15-10-12(16)5-6-14(15)17/h5-6,10,13,18H,2-4,7-9,11H2,1H3. The van der Waals surface area contributed by atoms with Gasteiger partial charge < -0.3 is 10.2 Å². The largest absolute Gasteiger partial charge is 0.313 e. The molecule has 0 bridgehead atoms. The summed E-state index contributed by atoms with van der Waals surface area (Å²) in [6, 6.07) is 6.29. The van der Waals surface area contributed by atoms with Crippen LogP contribution in [0.5, 0.6) is 0 Å². The van der Waals surface area contributed by atoms with Gasteiger partial charge in [0.2, 0.25) is 0 Å². The lowest BCUT2D eigenvalue weighted by atomic mass is 10.0. The third-order valence-corrected chi connectivity index (χ3v) is 5.28. The molecule has 1 heterocycles. The molecule has 1 N–H and O–H groups in total. The van der Waals surface area contributed by atoms with Crippen molar-refractivity contribution in [2.75, 3.05) is 32.4 Å². The van der Waals surface area contributed by atoms with Crippen LogP contribution < -0.4 is 5.32 Å². The van der Waals surface area contributed by atoms with Gasteiger partial charge in [-0.25, -0.2) is 0 Å². The van der Waals surface area contributed by atoms with E-state index in [9.17, 15) is 0 Å². The Morgan fingerprint density at radius 2 is 2.20 bits per heavy atom. The number of hydrogen-bond donors (Lipinski definition) is 1. The molecule has 1 fully saturated rings. The first-order valence-electron chi connectivity index (χ1n) is 7.15. The zero-order chi connectivity index (χ0) is 14.4. The molecule has 1 atom stereocenters. The second kappa shape index (κ2) is 8.50. The van der Waals surface area contributed by atoms with Gasteiger partial charge in [-0.05, 0) is 44.6 Å². The van der Waals surface area contributed by atoms with Crippen LogP contribution in [0.4, 0.5) is 0 Å². The van der Waals surface area contributed by atoms with Crippen LogP contribution in [0.25, 0.3) is 0 Å². The predicted octanol–water partition coefficient (Wildman–Crippen LogP) is 4.16. The summed E-state index contributed by atoms with van der Waals surface area (Å²) in [5, 5.41) is 5.12. The maximum Gasteiger partial charge on any atom is 0.0542 e. The molecule has 1 aliphatic rings. The minimum absolute atomic E-state index is 0.661. The molecular weight excluding hydrogens is 311 g/mol. The Morgan fingerprint density at radius 1 is 1.35 bits per heavy atom. The van der Waals surface area contributed by atoms with Crippen molar-refractivity contribution in [2.24, 2.45) is 0 Å². The third kappa shape index (κ3) is 5.45. The first-order valence-corrected chi connectivity index (χ1v) is 8.89. The van der Waals surface area contributed by atoms with E-state index in [0.29, 0.717) is 6.04 Å². The average Bonchev–Trinajstić information content (AvgIpc) is 2.44. The molecule has 1 unspecified atom stereocenters. The lowest BCUT2D eigenvalue weighted by Crippen LogP contribution is -2.42. The number of likely N-dealkylation sites (N-methyl/N-ethyl adjacent to an activating group) is 1. The summed E-state index contributed by atoms with van der Waals surface area (Å²) in [5.74, 6) is 1.03. The highest BCUT2D eigenvalue weighted by molar-refractivity contribution is 7.99. The third-order valence-electron chi connectivity index (χ3n) is 3.57. The van der Waals surface area contributed by atoms with Crippen LogP contribution in [0.3, 0.4) is 0 Å². The molecule has 0 radical (unpaired) electrons. The van der Waals surface area contributed by atoms with Crippen molar-refractivity contribution < 1.29 is 0 Å². The summed E-state index contributed by atoms with van der Waals surface area (Å²) < 4.78 is 0. The number of piperidine rings is 1. The number of thioether (sulfide) groups is 1. The van der Waals surface area contributed by atoms with Crippen molar-refractivity contribution in [2.45, 2.75) is 30.2 Å². The van der Waals surface area contributed by atoms with E-state index in [-0.39, 0.29) is 0 Å². The van der Waals surface area contributed by atoms with E-state index >= 15 is 0 Å². The summed E-state index contributed by atoms with van der Waals surface area (Å²) in [5.41, 5.74) is 0. The molecular formula is C15H22Cl2N2S. The number of benzene rings is 1. The number of halogens is 2. The predicted molar refractivity (Wildman–Crippen MR) is 90.3 cm³/mol. The van der Waals surface area contributed by atoms with Gasteiger partial charge in [0, 0.05) is 34.8 Å². The molecule has 1 aromatic rings. The zero-order valence-electron chi connectivity index (χ0n) is 11.9. The molecule has 1 saturated heterocycles. The molecule has 0 amide bonds. The summed E-state index contributed by atoms with van der Waals surface area (Å²) in [4.78, 5) is 3.47. The second-order valence-electron chi connectivity index (χ2n) is 5.33. The van der Waals surface area contributed by atoms with E-state index in [1.165, 1.54) is 25.8 Å². The van der Waals surface area contributed by atoms with E-state index in [1.807, 2.05) is 18.2 Å². The fourth-order valence-electron chi connectivity index (χ4n) is 2.45. The number of rotatable bonds is 6. The molecule has 2 nitrogen and oxygen atoms in total. The quantitative estimate of drug-likeness (QED) is 0.787. The van der Waals surface area contributed by atoms with Gasteiger partial charge >= 0.3 is 0 Å². The van der Waals surface area contributed by atoms with E-state index in [2.05, 4.69) is 17.3 Å². The molecule has 1 aromatic carbocycles. The topological polar surface area (TPSA) is 15.3 Å². The smallest absolute Gasteiger partial charge is 0.0542 e. The molecule has 112 valence electrons. The summed E-state index contributed by atoms with van der Waals surface area (Å²) in [6.45, 7) is 3.36. The molecule has 20 heavy (non-hydrogen) atoms. The number of nitrogens with one attached hydrogen (secondary N) is 1. The van der Waals surface area contributed by atoms with Gasteiger partial charge in [0.05, 0.1) is 5.02 Å². The fourth-order valence-corrected chi connectivity index (χ4v) is 4.00. The van der Waals surface area contributed by atoms with Crippen LogP contribution in [0.15, 0.2) is 23.1 Å². The van der Waals surface area contributed by atoms with Gasteiger partial charge in [0.25, 0.3) is 0 Å². The summed E-state index contributed by atoms with van der Waals surface area (Å²) >= 11 is 13.9. The highest BCUT2D eigenvalue weighted by Gasteiger charge is 2.14. The maximum atomic E-state index is 6.16. The van der Waals surface area contributed by atoms with Gasteiger partial charge in [0.15, 0.2) is 0 Å². The van der Waals surface area contributed by atoms with Gasteiger partial charge in [-0.2, -0.15) is 0 Å². The van der Waals surface area contributed by atoms with E-state index in [4.69, 9.17) is 23.2 Å². The SMILES string of the molecule is CN(CCSc1cc(Cl)ccc1Cl)CC1CCCCN1. The van der Waals surface area contributed by atoms with Crippen LogP contribution in [-0.2, 0) is 0 Å². The Bertz CT molecular complexity index is 422. The number of hydrogen-bond acceptors (Lipinski definition) is 3. The van der Waals surface area contributed by atoms with Crippen molar-refractivity contribution in [3.8, 4) is 0 Å². The molecule has 5 heteroatoms. The Kier molecular flexibility index (Phi) is 6.99. The molecule has 0 saturated carbocycles. The van der Waals surface area contributed by atoms with Crippen LogP contribution in [0.1, 0.15) is 19.3 Å². The molecule has 1 aliphatic heterocycles. The zero-order valence-corrected chi connectivity index (χ0v) is 14.2.